The van der Waals surface area contributed by atoms with E-state index in [1.807, 2.05) is 30.3 Å². The van der Waals surface area contributed by atoms with Crippen LogP contribution >= 0.6 is 11.8 Å². The van der Waals surface area contributed by atoms with Gasteiger partial charge in [-0.3, -0.25) is 9.59 Å². The first-order valence-corrected chi connectivity index (χ1v) is 6.36. The average molecular weight is 253 g/mol. The van der Waals surface area contributed by atoms with Crippen molar-refractivity contribution in [1.29, 1.82) is 0 Å². The number of hydrogen-bond acceptors (Lipinski definition) is 3. The summed E-state index contributed by atoms with van der Waals surface area (Å²) in [6.45, 7) is 1.46. The van der Waals surface area contributed by atoms with Crippen LogP contribution in [-0.2, 0) is 9.59 Å². The van der Waals surface area contributed by atoms with Crippen molar-refractivity contribution in [2.75, 3.05) is 11.5 Å². The van der Waals surface area contributed by atoms with Crippen molar-refractivity contribution in [2.24, 2.45) is 0 Å². The molecule has 1 aromatic carbocycles. The van der Waals surface area contributed by atoms with Crippen molar-refractivity contribution >= 4 is 23.6 Å². The van der Waals surface area contributed by atoms with Crippen molar-refractivity contribution in [3.63, 3.8) is 0 Å². The van der Waals surface area contributed by atoms with Gasteiger partial charge >= 0.3 is 5.97 Å². The largest absolute Gasteiger partial charge is 0.481 e. The third-order valence-corrected chi connectivity index (χ3v) is 3.11. The Morgan fingerprint density at radius 2 is 2.00 bits per heavy atom. The average Bonchev–Trinajstić information content (AvgIpc) is 2.28. The number of carboxylic acids is 1. The molecule has 92 valence electrons. The zero-order valence-electron chi connectivity index (χ0n) is 9.55. The molecular weight excluding hydrogens is 238 g/mol. The van der Waals surface area contributed by atoms with Gasteiger partial charge in [0.1, 0.15) is 0 Å². The molecule has 1 amide bonds. The molecule has 0 aliphatic carbocycles. The minimum atomic E-state index is -0.843. The maximum atomic E-state index is 11.1. The highest BCUT2D eigenvalue weighted by Gasteiger charge is 2.12. The summed E-state index contributed by atoms with van der Waals surface area (Å²) in [6.07, 6.45) is 0. The van der Waals surface area contributed by atoms with Gasteiger partial charge in [0.05, 0.1) is 11.8 Å². The van der Waals surface area contributed by atoms with Crippen LogP contribution in [0.15, 0.2) is 30.3 Å². The second kappa shape index (κ2) is 6.96. The third kappa shape index (κ3) is 5.40. The molecule has 2 N–H and O–H groups in total. The van der Waals surface area contributed by atoms with E-state index in [0.717, 1.165) is 5.56 Å². The van der Waals surface area contributed by atoms with Crippen LogP contribution in [0.25, 0.3) is 0 Å². The number of nitrogens with one attached hydrogen (secondary N) is 1. The maximum absolute atomic E-state index is 11.1. The maximum Gasteiger partial charge on any atom is 0.313 e. The van der Waals surface area contributed by atoms with E-state index in [2.05, 4.69) is 5.32 Å². The number of thioether (sulfide) groups is 1. The SMILES string of the molecule is CC(=O)NC(CSCC(=O)O)c1ccccc1. The molecule has 0 saturated heterocycles. The first kappa shape index (κ1) is 13.6. The predicted octanol–water partition coefficient (Wildman–Crippen LogP) is 1.68. The Morgan fingerprint density at radius 1 is 1.35 bits per heavy atom. The Balaban J connectivity index is 2.61. The van der Waals surface area contributed by atoms with Crippen molar-refractivity contribution in [3.05, 3.63) is 35.9 Å². The van der Waals surface area contributed by atoms with Crippen molar-refractivity contribution in [1.82, 2.24) is 5.32 Å². The second-order valence-electron chi connectivity index (χ2n) is 3.57. The number of amides is 1. The van der Waals surface area contributed by atoms with E-state index in [-0.39, 0.29) is 17.7 Å². The van der Waals surface area contributed by atoms with Gasteiger partial charge < -0.3 is 10.4 Å². The van der Waals surface area contributed by atoms with Crippen molar-refractivity contribution in [2.45, 2.75) is 13.0 Å². The van der Waals surface area contributed by atoms with E-state index < -0.39 is 5.97 Å². The molecule has 0 aliphatic rings. The summed E-state index contributed by atoms with van der Waals surface area (Å²) in [5, 5.41) is 11.4. The Kier molecular flexibility index (Phi) is 5.56. The lowest BCUT2D eigenvalue weighted by molar-refractivity contribution is -0.133. The fraction of sp³-hybridized carbons (Fsp3) is 0.333. The fourth-order valence-electron chi connectivity index (χ4n) is 1.42. The summed E-state index contributed by atoms with van der Waals surface area (Å²) in [4.78, 5) is 21.5. The zero-order valence-corrected chi connectivity index (χ0v) is 10.4. The monoisotopic (exact) mass is 253 g/mol. The summed E-state index contributed by atoms with van der Waals surface area (Å²) in [6, 6.07) is 9.39. The molecule has 0 heterocycles. The molecule has 1 atom stereocenters. The number of carbonyl (C=O) groups is 2. The summed E-state index contributed by atoms with van der Waals surface area (Å²) in [7, 11) is 0. The van der Waals surface area contributed by atoms with Gasteiger partial charge in [-0.1, -0.05) is 30.3 Å². The van der Waals surface area contributed by atoms with Gasteiger partial charge in [-0.05, 0) is 5.56 Å². The lowest BCUT2D eigenvalue weighted by atomic mass is 10.1. The molecule has 4 nitrogen and oxygen atoms in total. The van der Waals surface area contributed by atoms with Gasteiger partial charge in [0.2, 0.25) is 5.91 Å². The van der Waals surface area contributed by atoms with Crippen LogP contribution in [0.5, 0.6) is 0 Å². The van der Waals surface area contributed by atoms with Crippen LogP contribution in [0, 0.1) is 0 Å². The minimum absolute atomic E-state index is 0.0446. The van der Waals surface area contributed by atoms with Gasteiger partial charge in [-0.25, -0.2) is 0 Å². The Hall–Kier alpha value is -1.49. The molecule has 1 rings (SSSR count). The molecule has 5 heteroatoms. The first-order valence-electron chi connectivity index (χ1n) is 5.21. The molecule has 0 aliphatic heterocycles. The van der Waals surface area contributed by atoms with E-state index in [1.54, 1.807) is 0 Å². The number of carboxylic acid groups (broad SMARTS) is 1. The topological polar surface area (TPSA) is 66.4 Å². The Bertz CT molecular complexity index is 381. The fourth-order valence-corrected chi connectivity index (χ4v) is 2.22. The van der Waals surface area contributed by atoms with Crippen LogP contribution in [-0.4, -0.2) is 28.5 Å². The van der Waals surface area contributed by atoms with Gasteiger partial charge in [-0.15, -0.1) is 11.8 Å². The Labute approximate surface area is 104 Å². The molecule has 17 heavy (non-hydrogen) atoms. The van der Waals surface area contributed by atoms with Crippen LogP contribution in [0.4, 0.5) is 0 Å². The highest BCUT2D eigenvalue weighted by molar-refractivity contribution is 7.99. The van der Waals surface area contributed by atoms with Gasteiger partial charge in [0, 0.05) is 12.7 Å². The molecule has 1 aromatic rings. The number of hydrogen-bond donors (Lipinski definition) is 2. The van der Waals surface area contributed by atoms with E-state index in [4.69, 9.17) is 5.11 Å². The molecule has 0 aromatic heterocycles. The minimum Gasteiger partial charge on any atom is -0.481 e. The molecule has 0 fully saturated rings. The highest BCUT2D eigenvalue weighted by Crippen LogP contribution is 2.18. The normalized spacial score (nSPS) is 11.8. The van der Waals surface area contributed by atoms with Crippen LogP contribution in [0.3, 0.4) is 0 Å². The van der Waals surface area contributed by atoms with Crippen molar-refractivity contribution in [3.8, 4) is 0 Å². The van der Waals surface area contributed by atoms with Gasteiger partial charge in [-0.2, -0.15) is 0 Å². The van der Waals surface area contributed by atoms with Gasteiger partial charge in [0.15, 0.2) is 0 Å². The smallest absolute Gasteiger partial charge is 0.313 e. The molecule has 0 spiro atoms. The lowest BCUT2D eigenvalue weighted by Crippen LogP contribution is -2.28. The highest BCUT2D eigenvalue weighted by atomic mass is 32.2. The standard InChI is InChI=1S/C12H15NO3S/c1-9(14)13-11(7-17-8-12(15)16)10-5-3-2-4-6-10/h2-6,11H,7-8H2,1H3,(H,13,14)(H,15,16). The first-order chi connectivity index (χ1) is 8.09. The summed E-state index contributed by atoms with van der Waals surface area (Å²) in [5.74, 6) is -0.363. The van der Waals surface area contributed by atoms with E-state index >= 15 is 0 Å². The molecule has 0 saturated carbocycles. The molecule has 1 unspecified atom stereocenters. The summed E-state index contributed by atoms with van der Waals surface area (Å²) < 4.78 is 0. The van der Waals surface area contributed by atoms with Crippen LogP contribution in [0.2, 0.25) is 0 Å². The van der Waals surface area contributed by atoms with E-state index in [1.165, 1.54) is 18.7 Å². The summed E-state index contributed by atoms with van der Waals surface area (Å²) in [5.41, 5.74) is 0.987. The molecular formula is C12H15NO3S. The Morgan fingerprint density at radius 3 is 2.53 bits per heavy atom. The quantitative estimate of drug-likeness (QED) is 0.809. The summed E-state index contributed by atoms with van der Waals surface area (Å²) >= 11 is 1.29. The van der Waals surface area contributed by atoms with E-state index in [9.17, 15) is 9.59 Å². The molecule has 0 radical (unpaired) electrons. The van der Waals surface area contributed by atoms with Crippen LogP contribution < -0.4 is 5.32 Å². The molecule has 0 bridgehead atoms. The van der Waals surface area contributed by atoms with Gasteiger partial charge in [0.25, 0.3) is 0 Å². The van der Waals surface area contributed by atoms with Crippen LogP contribution in [0.1, 0.15) is 18.5 Å². The number of benzene rings is 1. The predicted molar refractivity (Wildman–Crippen MR) is 68.0 cm³/mol. The number of rotatable bonds is 6. The third-order valence-electron chi connectivity index (χ3n) is 2.09. The zero-order chi connectivity index (χ0) is 12.7. The number of carbonyl (C=O) groups excluding carboxylic acids is 1. The van der Waals surface area contributed by atoms with E-state index in [0.29, 0.717) is 5.75 Å². The number of aliphatic carboxylic acids is 1. The van der Waals surface area contributed by atoms with Crippen molar-refractivity contribution < 1.29 is 14.7 Å². The second-order valence-corrected chi connectivity index (χ2v) is 4.60. The lowest BCUT2D eigenvalue weighted by Gasteiger charge is -2.17.